The summed E-state index contributed by atoms with van der Waals surface area (Å²) >= 11 is 7.55. The van der Waals surface area contributed by atoms with Crippen molar-refractivity contribution in [2.24, 2.45) is 0 Å². The second-order valence-electron chi connectivity index (χ2n) is 7.93. The van der Waals surface area contributed by atoms with Gasteiger partial charge in [0.25, 0.3) is 5.91 Å². The number of thiophene rings is 1. The van der Waals surface area contributed by atoms with Crippen molar-refractivity contribution in [3.63, 3.8) is 0 Å². The highest BCUT2D eigenvalue weighted by Gasteiger charge is 2.45. The number of aliphatic hydroxyl groups is 1. The number of fused-ring (bicyclic) bond motifs is 1. The molecule has 0 saturated heterocycles. The Labute approximate surface area is 209 Å². The lowest BCUT2D eigenvalue weighted by molar-refractivity contribution is -0.130. The van der Waals surface area contributed by atoms with Crippen LogP contribution in [0, 0.1) is 0 Å². The molecule has 0 spiro atoms. The van der Waals surface area contributed by atoms with Gasteiger partial charge in [-0.15, -0.1) is 11.3 Å². The van der Waals surface area contributed by atoms with Gasteiger partial charge in [0.1, 0.15) is 11.8 Å². The summed E-state index contributed by atoms with van der Waals surface area (Å²) in [6.45, 7) is 0.170. The molecule has 5 rings (SSSR count). The number of aliphatic hydroxyl groups excluding tert-OH is 1. The molecule has 1 N–H and O–H groups in total. The first-order valence-corrected chi connectivity index (χ1v) is 11.9. The van der Waals surface area contributed by atoms with E-state index in [-0.39, 0.29) is 17.9 Å². The Morgan fingerprint density at radius 3 is 2.69 bits per heavy atom. The summed E-state index contributed by atoms with van der Waals surface area (Å²) in [5, 5.41) is 13.7. The van der Waals surface area contributed by atoms with Gasteiger partial charge in [0.15, 0.2) is 22.9 Å². The highest BCUT2D eigenvalue weighted by atomic mass is 35.5. The molecule has 4 aromatic rings. The van der Waals surface area contributed by atoms with Crippen LogP contribution in [0.15, 0.2) is 75.7 Å². The highest BCUT2D eigenvalue weighted by Crippen LogP contribution is 2.43. The van der Waals surface area contributed by atoms with Crippen LogP contribution in [0.2, 0.25) is 5.02 Å². The van der Waals surface area contributed by atoms with Gasteiger partial charge in [0.2, 0.25) is 5.78 Å². The number of ketones is 1. The van der Waals surface area contributed by atoms with Gasteiger partial charge in [-0.3, -0.25) is 9.59 Å². The zero-order chi connectivity index (χ0) is 24.7. The Morgan fingerprint density at radius 1 is 1.14 bits per heavy atom. The van der Waals surface area contributed by atoms with E-state index in [4.69, 9.17) is 25.5 Å². The number of furan rings is 1. The van der Waals surface area contributed by atoms with Gasteiger partial charge in [-0.05, 0) is 41.3 Å². The van der Waals surface area contributed by atoms with Crippen molar-refractivity contribution in [1.29, 1.82) is 0 Å². The Kier molecular flexibility index (Phi) is 6.00. The summed E-state index contributed by atoms with van der Waals surface area (Å²) in [6, 6.07) is 14.9. The Hall–Kier alpha value is -3.75. The van der Waals surface area contributed by atoms with Gasteiger partial charge < -0.3 is 23.9 Å². The molecule has 35 heavy (non-hydrogen) atoms. The second kappa shape index (κ2) is 9.13. The van der Waals surface area contributed by atoms with Crippen LogP contribution in [0.4, 0.5) is 0 Å². The molecule has 1 amide bonds. The van der Waals surface area contributed by atoms with Crippen LogP contribution < -0.4 is 9.47 Å². The molecule has 0 aliphatic carbocycles. The van der Waals surface area contributed by atoms with Gasteiger partial charge >= 0.3 is 0 Å². The maximum absolute atomic E-state index is 13.7. The van der Waals surface area contributed by atoms with Crippen molar-refractivity contribution < 1.29 is 28.6 Å². The molecule has 2 aromatic heterocycles. The minimum atomic E-state index is -0.778. The molecule has 0 radical (unpaired) electrons. The van der Waals surface area contributed by atoms with E-state index < -0.39 is 23.5 Å². The van der Waals surface area contributed by atoms with Gasteiger partial charge in [-0.2, -0.15) is 0 Å². The van der Waals surface area contributed by atoms with Crippen molar-refractivity contribution in [1.82, 2.24) is 4.90 Å². The number of methoxy groups -OCH3 is 2. The normalized spacial score (nSPS) is 15.8. The molecule has 0 bridgehead atoms. The van der Waals surface area contributed by atoms with Crippen LogP contribution >= 0.6 is 22.9 Å². The fraction of sp³-hybridized carbons (Fsp3) is 0.154. The first kappa shape index (κ1) is 23.0. The van der Waals surface area contributed by atoms with E-state index in [1.165, 1.54) is 29.4 Å². The smallest absolute Gasteiger partial charge is 0.290 e. The number of hydrogen-bond acceptors (Lipinski definition) is 7. The van der Waals surface area contributed by atoms with Crippen molar-refractivity contribution in [3.05, 3.63) is 92.5 Å². The lowest BCUT2D eigenvalue weighted by atomic mass is 10.00. The Morgan fingerprint density at radius 2 is 1.97 bits per heavy atom. The van der Waals surface area contributed by atoms with Gasteiger partial charge in [0.05, 0.1) is 19.8 Å². The quantitative estimate of drug-likeness (QED) is 0.310. The number of rotatable bonds is 7. The largest absolute Gasteiger partial charge is 0.503 e. The van der Waals surface area contributed by atoms with E-state index in [0.29, 0.717) is 27.5 Å². The zero-order valence-corrected chi connectivity index (χ0v) is 20.4. The van der Waals surface area contributed by atoms with E-state index >= 15 is 0 Å². The molecule has 1 aliphatic rings. The van der Waals surface area contributed by atoms with Crippen molar-refractivity contribution >= 4 is 45.6 Å². The fourth-order valence-electron chi connectivity index (χ4n) is 4.24. The Bertz CT molecular complexity index is 1470. The van der Waals surface area contributed by atoms with E-state index in [9.17, 15) is 14.7 Å². The zero-order valence-electron chi connectivity index (χ0n) is 18.8. The first-order valence-electron chi connectivity index (χ1n) is 10.6. The number of nitrogens with zero attached hydrogens (tertiary/aromatic N) is 1. The number of ether oxygens (including phenoxy) is 2. The van der Waals surface area contributed by atoms with Crippen LogP contribution in [0.1, 0.15) is 27.0 Å². The maximum atomic E-state index is 13.7. The fourth-order valence-corrected chi connectivity index (χ4v) is 5.30. The second-order valence-corrected chi connectivity index (χ2v) is 9.35. The predicted molar refractivity (Wildman–Crippen MR) is 132 cm³/mol. The number of hydrogen-bond donors (Lipinski definition) is 1. The average Bonchev–Trinajstić information content (AvgIpc) is 3.59. The van der Waals surface area contributed by atoms with Crippen LogP contribution in [0.3, 0.4) is 0 Å². The third kappa shape index (κ3) is 4.05. The number of halogens is 1. The molecule has 178 valence electrons. The summed E-state index contributed by atoms with van der Waals surface area (Å²) < 4.78 is 16.4. The molecule has 0 saturated carbocycles. The molecular weight excluding hydrogens is 490 g/mol. The van der Waals surface area contributed by atoms with Crippen LogP contribution in [-0.4, -0.2) is 35.9 Å². The lowest BCUT2D eigenvalue weighted by Gasteiger charge is -2.25. The minimum Gasteiger partial charge on any atom is -0.503 e. The molecular formula is C26H20ClNO6S. The van der Waals surface area contributed by atoms with E-state index in [0.717, 1.165) is 10.4 Å². The molecule has 1 atom stereocenters. The van der Waals surface area contributed by atoms with Crippen LogP contribution in [0.25, 0.3) is 11.0 Å². The van der Waals surface area contributed by atoms with Crippen molar-refractivity contribution in [3.8, 4) is 11.5 Å². The van der Waals surface area contributed by atoms with Gasteiger partial charge in [0, 0.05) is 27.9 Å². The molecule has 3 heterocycles. The van der Waals surface area contributed by atoms with Gasteiger partial charge in [-0.25, -0.2) is 0 Å². The molecule has 1 unspecified atom stereocenters. The number of Topliss-reactive ketones (excluding diaryl/α,β-unsaturated/α-hetero) is 1. The average molecular weight is 510 g/mol. The van der Waals surface area contributed by atoms with E-state index in [2.05, 4.69) is 0 Å². The van der Waals surface area contributed by atoms with Crippen molar-refractivity contribution in [2.45, 2.75) is 12.6 Å². The van der Waals surface area contributed by atoms with Crippen molar-refractivity contribution in [2.75, 3.05) is 14.2 Å². The Balaban J connectivity index is 1.57. The van der Waals surface area contributed by atoms with E-state index in [1.807, 2.05) is 35.7 Å². The van der Waals surface area contributed by atoms with Crippen LogP contribution in [-0.2, 0) is 11.3 Å². The highest BCUT2D eigenvalue weighted by molar-refractivity contribution is 7.10. The first-order chi connectivity index (χ1) is 16.9. The summed E-state index contributed by atoms with van der Waals surface area (Å²) in [5.41, 5.74) is 1.11. The van der Waals surface area contributed by atoms with Crippen LogP contribution in [0.5, 0.6) is 11.5 Å². The third-order valence-corrected chi connectivity index (χ3v) is 6.98. The summed E-state index contributed by atoms with van der Waals surface area (Å²) in [7, 11) is 3.04. The van der Waals surface area contributed by atoms with E-state index in [1.54, 1.807) is 25.3 Å². The molecule has 2 aromatic carbocycles. The minimum absolute atomic E-state index is 0.0281. The lowest BCUT2D eigenvalue weighted by Crippen LogP contribution is -2.30. The maximum Gasteiger partial charge on any atom is 0.290 e. The molecule has 1 aliphatic heterocycles. The number of carbonyl (C=O) groups excluding carboxylic acids is 2. The number of amides is 1. The molecule has 9 heteroatoms. The summed E-state index contributed by atoms with van der Waals surface area (Å²) in [6.07, 6.45) is 0. The predicted octanol–water partition coefficient (Wildman–Crippen LogP) is 5.94. The topological polar surface area (TPSA) is 89.2 Å². The molecule has 7 nitrogen and oxygen atoms in total. The standard InChI is InChI=1S/C26H20ClNO6S/c1-32-17-6-3-5-14(9-17)13-28-22(20-7-4-8-35-20)21(24(30)26(28)31)23(29)18-11-15-10-16(27)12-19(33-2)25(15)34-18/h3-12,22,30H,13H2,1-2H3. The summed E-state index contributed by atoms with van der Waals surface area (Å²) in [4.78, 5) is 29.1. The summed E-state index contributed by atoms with van der Waals surface area (Å²) in [5.74, 6) is -0.823. The monoisotopic (exact) mass is 509 g/mol. The molecule has 0 fully saturated rings. The number of carbonyl (C=O) groups is 2. The SMILES string of the molecule is COc1cccc(CN2C(=O)C(O)=C(C(=O)c3cc4cc(Cl)cc(OC)c4o3)C2c2cccs2)c1. The van der Waals surface area contributed by atoms with Gasteiger partial charge in [-0.1, -0.05) is 29.8 Å². The third-order valence-electron chi connectivity index (χ3n) is 5.84. The number of benzene rings is 2.